The third kappa shape index (κ3) is 4.14. The van der Waals surface area contributed by atoms with E-state index in [1.807, 2.05) is 65.7 Å². The first-order valence-electron chi connectivity index (χ1n) is 14.4. The molecule has 226 valence electrons. The van der Waals surface area contributed by atoms with Crippen molar-refractivity contribution in [2.24, 2.45) is 5.92 Å². The van der Waals surface area contributed by atoms with E-state index in [-0.39, 0.29) is 17.1 Å². The fraction of sp³-hybridized carbons (Fsp3) is 0.194. The third-order valence-corrected chi connectivity index (χ3v) is 9.73. The molecule has 0 aromatic heterocycles. The third-order valence-electron chi connectivity index (χ3n) is 9.20. The number of nitrogens with one attached hydrogen (secondary N) is 1. The monoisotopic (exact) mass is 664 g/mol. The van der Waals surface area contributed by atoms with Crippen LogP contribution in [0, 0.1) is 5.92 Å². The number of carbonyl (C=O) groups excluding carboxylic acids is 3. The van der Waals surface area contributed by atoms with E-state index < -0.39 is 29.3 Å². The summed E-state index contributed by atoms with van der Waals surface area (Å²) in [4.78, 5) is 46.6. The Morgan fingerprint density at radius 1 is 0.822 bits per heavy atom. The molecule has 0 bridgehead atoms. The molecule has 0 saturated carbocycles. The molecule has 4 aromatic rings. The van der Waals surface area contributed by atoms with E-state index in [2.05, 4.69) is 21.2 Å². The lowest BCUT2D eigenvalue weighted by atomic mass is 9.63. The van der Waals surface area contributed by atoms with E-state index in [9.17, 15) is 9.59 Å². The number of amides is 1. The lowest BCUT2D eigenvalue weighted by Crippen LogP contribution is -2.54. The van der Waals surface area contributed by atoms with Crippen molar-refractivity contribution in [3.63, 3.8) is 0 Å². The molecule has 0 radical (unpaired) electrons. The molecular formula is C36H29BrN2O6. The Balaban J connectivity index is 1.53. The molecule has 4 atom stereocenters. The minimum Gasteiger partial charge on any atom is -0.493 e. The molecule has 1 spiro atoms. The molecule has 9 heteroatoms. The van der Waals surface area contributed by atoms with Crippen LogP contribution in [0.5, 0.6) is 17.2 Å². The Labute approximate surface area is 268 Å². The van der Waals surface area contributed by atoms with E-state index in [0.29, 0.717) is 34.1 Å². The van der Waals surface area contributed by atoms with Crippen LogP contribution in [-0.2, 0) is 10.2 Å². The van der Waals surface area contributed by atoms with Crippen molar-refractivity contribution in [1.29, 1.82) is 0 Å². The molecule has 7 rings (SSSR count). The van der Waals surface area contributed by atoms with Crippen LogP contribution in [0.2, 0.25) is 0 Å². The Kier molecular flexibility index (Phi) is 7.00. The zero-order valence-corrected chi connectivity index (χ0v) is 26.3. The first-order chi connectivity index (χ1) is 21.8. The molecule has 3 aliphatic rings. The maximum absolute atomic E-state index is 15.2. The fourth-order valence-electron chi connectivity index (χ4n) is 7.35. The van der Waals surface area contributed by atoms with Gasteiger partial charge in [-0.05, 0) is 53.1 Å². The maximum Gasteiger partial charge on any atom is 0.238 e. The quantitative estimate of drug-likeness (QED) is 0.227. The van der Waals surface area contributed by atoms with E-state index in [0.717, 1.165) is 15.6 Å². The van der Waals surface area contributed by atoms with Crippen LogP contribution in [0.3, 0.4) is 0 Å². The number of Topliss-reactive ketones (excluding diaryl/α,β-unsaturated/α-hetero) is 2. The van der Waals surface area contributed by atoms with Gasteiger partial charge in [0.1, 0.15) is 11.5 Å². The summed E-state index contributed by atoms with van der Waals surface area (Å²) in [5.74, 6) is -1.03. The zero-order valence-electron chi connectivity index (χ0n) is 24.7. The van der Waals surface area contributed by atoms with Gasteiger partial charge in [0.15, 0.2) is 23.1 Å². The summed E-state index contributed by atoms with van der Waals surface area (Å²) in [6.45, 7) is 0. The van der Waals surface area contributed by atoms with Crippen LogP contribution >= 0.6 is 15.9 Å². The minimum atomic E-state index is -1.58. The van der Waals surface area contributed by atoms with Gasteiger partial charge in [-0.25, -0.2) is 0 Å². The number of anilines is 1. The first kappa shape index (κ1) is 28.9. The number of hydrogen-bond acceptors (Lipinski definition) is 7. The predicted molar refractivity (Wildman–Crippen MR) is 173 cm³/mol. The van der Waals surface area contributed by atoms with Gasteiger partial charge >= 0.3 is 0 Å². The van der Waals surface area contributed by atoms with E-state index in [1.165, 1.54) is 21.3 Å². The number of nitrogens with zero attached hydrogens (tertiary/aromatic N) is 1. The fourth-order valence-corrected chi connectivity index (χ4v) is 7.62. The molecule has 1 amide bonds. The van der Waals surface area contributed by atoms with E-state index in [1.54, 1.807) is 36.4 Å². The summed E-state index contributed by atoms with van der Waals surface area (Å²) < 4.78 is 17.5. The zero-order chi connectivity index (χ0) is 31.5. The molecule has 3 heterocycles. The second kappa shape index (κ2) is 10.9. The summed E-state index contributed by atoms with van der Waals surface area (Å²) >= 11 is 3.46. The summed E-state index contributed by atoms with van der Waals surface area (Å²) in [6, 6.07) is 23.7. The molecular weight excluding hydrogens is 636 g/mol. The van der Waals surface area contributed by atoms with Gasteiger partial charge in [0.05, 0.1) is 33.3 Å². The highest BCUT2D eigenvalue weighted by Gasteiger charge is 2.71. The Bertz CT molecular complexity index is 1880. The van der Waals surface area contributed by atoms with Crippen molar-refractivity contribution in [1.82, 2.24) is 4.90 Å². The van der Waals surface area contributed by atoms with Crippen molar-refractivity contribution >= 4 is 45.2 Å². The van der Waals surface area contributed by atoms with Crippen LogP contribution in [0.15, 0.2) is 95.6 Å². The van der Waals surface area contributed by atoms with Crippen LogP contribution < -0.4 is 19.5 Å². The maximum atomic E-state index is 15.2. The standard InChI is InChI=1S/C36H29BrN2O6/c1-43-27-18-22(19-28(44-2)33(27)45-3)31(40)29-30-24-9-5-4-8-20(24)16-17-39(30)34(32(41)21-12-14-23(37)15-13-21)36(29)25-10-6-7-11-26(25)38-35(36)42/h4-19,29-30,34H,1-3H3,(H,38,42)/t29-,30-,34-,36-/m1/s1. The number of hydrogen-bond donors (Lipinski definition) is 1. The van der Waals surface area contributed by atoms with Gasteiger partial charge < -0.3 is 24.4 Å². The average Bonchev–Trinajstić information content (AvgIpc) is 3.55. The molecule has 1 N–H and O–H groups in total. The molecule has 0 unspecified atom stereocenters. The number of halogens is 1. The Morgan fingerprint density at radius 2 is 1.49 bits per heavy atom. The number of benzene rings is 4. The second-order valence-corrected chi connectivity index (χ2v) is 12.2. The average molecular weight is 666 g/mol. The summed E-state index contributed by atoms with van der Waals surface area (Å²) in [5.41, 5.74) is 2.09. The second-order valence-electron chi connectivity index (χ2n) is 11.2. The number of fused-ring (bicyclic) bond motifs is 5. The van der Waals surface area contributed by atoms with Gasteiger partial charge in [0, 0.05) is 27.5 Å². The predicted octanol–water partition coefficient (Wildman–Crippen LogP) is 6.46. The topological polar surface area (TPSA) is 94.2 Å². The minimum absolute atomic E-state index is 0.261. The van der Waals surface area contributed by atoms with Gasteiger partial charge in [-0.3, -0.25) is 14.4 Å². The van der Waals surface area contributed by atoms with E-state index in [4.69, 9.17) is 14.2 Å². The van der Waals surface area contributed by atoms with Crippen molar-refractivity contribution in [3.05, 3.63) is 123 Å². The number of para-hydroxylation sites is 1. The van der Waals surface area contributed by atoms with Gasteiger partial charge in [-0.15, -0.1) is 0 Å². The van der Waals surface area contributed by atoms with Gasteiger partial charge in [-0.2, -0.15) is 0 Å². The lowest BCUT2D eigenvalue weighted by Gasteiger charge is -2.35. The number of carbonyl (C=O) groups is 3. The molecule has 3 aliphatic heterocycles. The van der Waals surface area contributed by atoms with Crippen molar-refractivity contribution in [2.45, 2.75) is 17.5 Å². The summed E-state index contributed by atoms with van der Waals surface area (Å²) in [7, 11) is 4.47. The van der Waals surface area contributed by atoms with Crippen LogP contribution in [-0.4, -0.2) is 49.7 Å². The van der Waals surface area contributed by atoms with Gasteiger partial charge in [0.2, 0.25) is 11.7 Å². The smallest absolute Gasteiger partial charge is 0.238 e. The van der Waals surface area contributed by atoms with Gasteiger partial charge in [0.25, 0.3) is 0 Å². The van der Waals surface area contributed by atoms with Crippen molar-refractivity contribution in [2.75, 3.05) is 26.6 Å². The largest absolute Gasteiger partial charge is 0.493 e. The molecule has 8 nitrogen and oxygen atoms in total. The van der Waals surface area contributed by atoms with Crippen molar-refractivity contribution < 1.29 is 28.6 Å². The summed E-state index contributed by atoms with van der Waals surface area (Å²) in [5, 5.41) is 3.04. The SMILES string of the molecule is COc1cc(C(=O)[C@H]2[C@H]3c4ccccc4C=CN3[C@H](C(=O)c3ccc(Br)cc3)[C@]23C(=O)Nc2ccccc23)cc(OC)c1OC. The highest BCUT2D eigenvalue weighted by Crippen LogP contribution is 2.61. The number of methoxy groups -OCH3 is 3. The number of ketones is 2. The Morgan fingerprint density at radius 3 is 2.18 bits per heavy atom. The molecule has 1 saturated heterocycles. The molecule has 45 heavy (non-hydrogen) atoms. The highest BCUT2D eigenvalue weighted by atomic mass is 79.9. The molecule has 0 aliphatic carbocycles. The van der Waals surface area contributed by atoms with E-state index >= 15 is 4.79 Å². The number of rotatable bonds is 7. The Hall–Kier alpha value is -4.89. The van der Waals surface area contributed by atoms with Gasteiger partial charge in [-0.1, -0.05) is 70.5 Å². The lowest BCUT2D eigenvalue weighted by molar-refractivity contribution is -0.122. The van der Waals surface area contributed by atoms with Crippen molar-refractivity contribution in [3.8, 4) is 17.2 Å². The summed E-state index contributed by atoms with van der Waals surface area (Å²) in [6.07, 6.45) is 3.79. The molecule has 4 aromatic carbocycles. The normalized spacial score (nSPS) is 22.4. The molecule has 1 fully saturated rings. The number of ether oxygens (including phenoxy) is 3. The van der Waals surface area contributed by atoms with Crippen LogP contribution in [0.4, 0.5) is 5.69 Å². The first-order valence-corrected chi connectivity index (χ1v) is 15.2. The van der Waals surface area contributed by atoms with Crippen LogP contribution in [0.1, 0.15) is 43.4 Å². The van der Waals surface area contributed by atoms with Crippen LogP contribution in [0.25, 0.3) is 6.08 Å². The highest BCUT2D eigenvalue weighted by molar-refractivity contribution is 9.10.